The van der Waals surface area contributed by atoms with Gasteiger partial charge < -0.3 is 10.0 Å². The Labute approximate surface area is 124 Å². The molecule has 1 aliphatic rings. The molecule has 0 aromatic carbocycles. The molecule has 4 nitrogen and oxygen atoms in total. The first-order valence-electron chi connectivity index (χ1n) is 7.79. The summed E-state index contributed by atoms with van der Waals surface area (Å²) in [5.74, 6) is 1.12. The van der Waals surface area contributed by atoms with Crippen LogP contribution in [0, 0.1) is 5.92 Å². The molecule has 0 radical (unpaired) electrons. The van der Waals surface area contributed by atoms with Crippen LogP contribution in [0.3, 0.4) is 0 Å². The molecule has 1 unspecified atom stereocenters. The van der Waals surface area contributed by atoms with Gasteiger partial charge in [0.15, 0.2) is 0 Å². The maximum atomic E-state index is 11.5. The molecule has 0 aromatic heterocycles. The van der Waals surface area contributed by atoms with Crippen LogP contribution in [0.15, 0.2) is 0 Å². The predicted molar refractivity (Wildman–Crippen MR) is 83.6 cm³/mol. The minimum Gasteiger partial charge on any atom is -0.391 e. The molecule has 0 heterocycles. The van der Waals surface area contributed by atoms with Crippen molar-refractivity contribution >= 4 is 9.84 Å². The van der Waals surface area contributed by atoms with Crippen LogP contribution >= 0.6 is 0 Å². The van der Waals surface area contributed by atoms with Crippen LogP contribution < -0.4 is 0 Å². The highest BCUT2D eigenvalue weighted by Gasteiger charge is 2.41. The fourth-order valence-electron chi connectivity index (χ4n) is 3.25. The van der Waals surface area contributed by atoms with Crippen molar-refractivity contribution in [1.29, 1.82) is 0 Å². The summed E-state index contributed by atoms with van der Waals surface area (Å²) >= 11 is 0. The molecule has 20 heavy (non-hydrogen) atoms. The van der Waals surface area contributed by atoms with Crippen LogP contribution in [-0.4, -0.2) is 55.7 Å². The SMILES string of the molecule is CCS(=O)(=O)CCCC(O)C1(N(C)C)CCC(C)CC1. The molecule has 0 saturated heterocycles. The Balaban J connectivity index is 2.60. The second-order valence-corrected chi connectivity index (χ2v) is 9.05. The van der Waals surface area contributed by atoms with Crippen molar-refractivity contribution in [2.45, 2.75) is 64.0 Å². The molecule has 1 atom stereocenters. The van der Waals surface area contributed by atoms with Gasteiger partial charge in [0.2, 0.25) is 0 Å². The maximum Gasteiger partial charge on any atom is 0.150 e. The third-order valence-electron chi connectivity index (χ3n) is 5.02. The fraction of sp³-hybridized carbons (Fsp3) is 1.00. The van der Waals surface area contributed by atoms with Gasteiger partial charge in [-0.2, -0.15) is 0 Å². The number of rotatable bonds is 7. The lowest BCUT2D eigenvalue weighted by Gasteiger charge is -2.47. The Kier molecular flexibility index (Phi) is 6.48. The zero-order chi connectivity index (χ0) is 15.4. The number of aliphatic hydroxyl groups excluding tert-OH is 1. The van der Waals surface area contributed by atoms with E-state index in [4.69, 9.17) is 0 Å². The van der Waals surface area contributed by atoms with Gasteiger partial charge in [0, 0.05) is 11.3 Å². The molecule has 1 N–H and O–H groups in total. The van der Waals surface area contributed by atoms with E-state index in [2.05, 4.69) is 11.8 Å². The maximum absolute atomic E-state index is 11.5. The third-order valence-corrected chi connectivity index (χ3v) is 6.81. The van der Waals surface area contributed by atoms with E-state index in [1.807, 2.05) is 14.1 Å². The summed E-state index contributed by atoms with van der Waals surface area (Å²) in [7, 11) is 1.14. The summed E-state index contributed by atoms with van der Waals surface area (Å²) in [5, 5.41) is 10.6. The molecule has 0 spiro atoms. The van der Waals surface area contributed by atoms with Crippen molar-refractivity contribution < 1.29 is 13.5 Å². The molecule has 1 aliphatic carbocycles. The average Bonchev–Trinajstić information content (AvgIpc) is 2.39. The fourth-order valence-corrected chi connectivity index (χ4v) is 4.15. The van der Waals surface area contributed by atoms with Crippen LogP contribution in [0.1, 0.15) is 52.4 Å². The van der Waals surface area contributed by atoms with E-state index in [9.17, 15) is 13.5 Å². The Morgan fingerprint density at radius 2 is 1.85 bits per heavy atom. The van der Waals surface area contributed by atoms with Crippen LogP contribution in [0.4, 0.5) is 0 Å². The Hall–Kier alpha value is -0.130. The van der Waals surface area contributed by atoms with Crippen LogP contribution in [0.2, 0.25) is 0 Å². The lowest BCUT2D eigenvalue weighted by molar-refractivity contribution is -0.0426. The minimum atomic E-state index is -2.92. The van der Waals surface area contributed by atoms with Crippen molar-refractivity contribution in [1.82, 2.24) is 4.90 Å². The standard InChI is InChI=1S/C15H31NO3S/c1-5-20(18,19)12-6-7-14(17)15(16(3)4)10-8-13(2)9-11-15/h13-14,17H,5-12H2,1-4H3. The van der Waals surface area contributed by atoms with Crippen molar-refractivity contribution in [3.63, 3.8) is 0 Å². The largest absolute Gasteiger partial charge is 0.391 e. The topological polar surface area (TPSA) is 57.6 Å². The smallest absolute Gasteiger partial charge is 0.150 e. The van der Waals surface area contributed by atoms with E-state index in [1.54, 1.807) is 6.92 Å². The first-order chi connectivity index (χ1) is 9.23. The summed E-state index contributed by atoms with van der Waals surface area (Å²) in [6, 6.07) is 0. The van der Waals surface area contributed by atoms with Gasteiger partial charge in [0.25, 0.3) is 0 Å². The first-order valence-corrected chi connectivity index (χ1v) is 9.61. The third kappa shape index (κ3) is 4.43. The van der Waals surface area contributed by atoms with Crippen molar-refractivity contribution in [2.24, 2.45) is 5.92 Å². The predicted octanol–water partition coefficient (Wildman–Crippen LogP) is 2.07. The van der Waals surface area contributed by atoms with Gasteiger partial charge in [-0.3, -0.25) is 0 Å². The number of nitrogens with zero attached hydrogens (tertiary/aromatic N) is 1. The summed E-state index contributed by atoms with van der Waals surface area (Å²) in [6.45, 7) is 3.94. The number of hydrogen-bond acceptors (Lipinski definition) is 4. The highest BCUT2D eigenvalue weighted by Crippen LogP contribution is 2.38. The van der Waals surface area contributed by atoms with Crippen molar-refractivity contribution in [3.8, 4) is 0 Å². The van der Waals surface area contributed by atoms with Crippen molar-refractivity contribution in [2.75, 3.05) is 25.6 Å². The molecular formula is C15H31NO3S. The number of likely N-dealkylation sites (N-methyl/N-ethyl adjacent to an activating group) is 1. The molecule has 1 saturated carbocycles. The van der Waals surface area contributed by atoms with E-state index in [1.165, 1.54) is 0 Å². The zero-order valence-corrected chi connectivity index (χ0v) is 14.2. The normalized spacial score (nSPS) is 29.6. The van der Waals surface area contributed by atoms with E-state index in [0.717, 1.165) is 31.6 Å². The minimum absolute atomic E-state index is 0.164. The highest BCUT2D eigenvalue weighted by atomic mass is 32.2. The molecule has 0 aromatic rings. The van der Waals surface area contributed by atoms with Crippen LogP contribution in [0.5, 0.6) is 0 Å². The Morgan fingerprint density at radius 3 is 2.30 bits per heavy atom. The summed E-state index contributed by atoms with van der Waals surface area (Å²) in [6.07, 6.45) is 4.99. The summed E-state index contributed by atoms with van der Waals surface area (Å²) < 4.78 is 23.0. The monoisotopic (exact) mass is 305 g/mol. The van der Waals surface area contributed by atoms with Gasteiger partial charge in [0.05, 0.1) is 11.9 Å². The van der Waals surface area contributed by atoms with Gasteiger partial charge in [-0.05, 0) is 58.5 Å². The second kappa shape index (κ2) is 7.23. The molecule has 1 fully saturated rings. The van der Waals surface area contributed by atoms with E-state index in [0.29, 0.717) is 12.8 Å². The average molecular weight is 305 g/mol. The van der Waals surface area contributed by atoms with Gasteiger partial charge in [0.1, 0.15) is 9.84 Å². The lowest BCUT2D eigenvalue weighted by Crippen LogP contribution is -2.55. The molecule has 0 bridgehead atoms. The van der Waals surface area contributed by atoms with Gasteiger partial charge in [-0.25, -0.2) is 8.42 Å². The first kappa shape index (κ1) is 17.9. The molecule has 1 rings (SSSR count). The molecule has 0 aliphatic heterocycles. The van der Waals surface area contributed by atoms with Crippen LogP contribution in [-0.2, 0) is 9.84 Å². The van der Waals surface area contributed by atoms with Crippen molar-refractivity contribution in [3.05, 3.63) is 0 Å². The van der Waals surface area contributed by atoms with Gasteiger partial charge in [-0.15, -0.1) is 0 Å². The van der Waals surface area contributed by atoms with Crippen LogP contribution in [0.25, 0.3) is 0 Å². The van der Waals surface area contributed by atoms with Gasteiger partial charge >= 0.3 is 0 Å². The van der Waals surface area contributed by atoms with E-state index in [-0.39, 0.29) is 17.0 Å². The number of aliphatic hydroxyl groups is 1. The number of sulfone groups is 1. The Morgan fingerprint density at radius 1 is 1.30 bits per heavy atom. The molecular weight excluding hydrogens is 274 g/mol. The second-order valence-electron chi connectivity index (χ2n) is 6.57. The molecule has 5 heteroatoms. The molecule has 0 amide bonds. The summed E-state index contributed by atoms with van der Waals surface area (Å²) in [5.41, 5.74) is -0.164. The quantitative estimate of drug-likeness (QED) is 0.782. The van der Waals surface area contributed by atoms with E-state index < -0.39 is 15.9 Å². The Bertz CT molecular complexity index is 384. The summed E-state index contributed by atoms with van der Waals surface area (Å²) in [4.78, 5) is 2.15. The zero-order valence-electron chi connectivity index (χ0n) is 13.4. The molecule has 120 valence electrons. The highest BCUT2D eigenvalue weighted by molar-refractivity contribution is 7.91. The lowest BCUT2D eigenvalue weighted by atomic mass is 9.72. The number of hydrogen-bond donors (Lipinski definition) is 1. The van der Waals surface area contributed by atoms with E-state index >= 15 is 0 Å². The van der Waals surface area contributed by atoms with Gasteiger partial charge in [-0.1, -0.05) is 13.8 Å².